The quantitative estimate of drug-likeness (QED) is 0.488. The highest BCUT2D eigenvalue weighted by Gasteiger charge is 2.20. The summed E-state index contributed by atoms with van der Waals surface area (Å²) in [5, 5.41) is 15.0. The Balaban J connectivity index is 1.66. The van der Waals surface area contributed by atoms with Crippen LogP contribution in [0, 0.1) is 13.8 Å². The van der Waals surface area contributed by atoms with Gasteiger partial charge in [-0.25, -0.2) is 0 Å². The first-order valence-electron chi connectivity index (χ1n) is 9.48. The number of carbonyl (C=O) groups excluding carboxylic acids is 2. The summed E-state index contributed by atoms with van der Waals surface area (Å²) in [6, 6.07) is 6.09. The molecule has 1 aromatic rings. The summed E-state index contributed by atoms with van der Waals surface area (Å²) < 4.78 is 0. The Bertz CT molecular complexity index is 618. The molecule has 2 amide bonds. The minimum Gasteiger partial charge on any atom is -0.395 e. The van der Waals surface area contributed by atoms with Gasteiger partial charge in [0.05, 0.1) is 6.61 Å². The van der Waals surface area contributed by atoms with Crippen molar-refractivity contribution >= 4 is 17.5 Å². The molecule has 3 N–H and O–H groups in total. The second-order valence-corrected chi connectivity index (χ2v) is 7.11. The van der Waals surface area contributed by atoms with Crippen molar-refractivity contribution in [2.75, 3.05) is 31.6 Å². The fourth-order valence-corrected chi connectivity index (χ4v) is 3.34. The zero-order valence-corrected chi connectivity index (χ0v) is 15.9. The van der Waals surface area contributed by atoms with Crippen molar-refractivity contribution in [1.82, 2.24) is 10.2 Å². The average molecular weight is 361 g/mol. The summed E-state index contributed by atoms with van der Waals surface area (Å²) in [6.45, 7) is 6.51. The summed E-state index contributed by atoms with van der Waals surface area (Å²) in [4.78, 5) is 26.3. The van der Waals surface area contributed by atoms with Crippen LogP contribution >= 0.6 is 0 Å². The van der Waals surface area contributed by atoms with Crippen molar-refractivity contribution < 1.29 is 14.7 Å². The van der Waals surface area contributed by atoms with Gasteiger partial charge in [-0.15, -0.1) is 0 Å². The fourth-order valence-electron chi connectivity index (χ4n) is 3.34. The van der Waals surface area contributed by atoms with Gasteiger partial charge in [0.2, 0.25) is 11.8 Å². The molecule has 1 heterocycles. The SMILES string of the molecule is Cc1ccc(C)c(NC(=O)CC(=O)NCCCN2CCCC[C@@H]2CO)c1. The van der Waals surface area contributed by atoms with Crippen molar-refractivity contribution in [3.05, 3.63) is 29.3 Å². The number of carbonyl (C=O) groups is 2. The average Bonchev–Trinajstić information content (AvgIpc) is 2.62. The number of aliphatic hydroxyl groups is 1. The zero-order valence-electron chi connectivity index (χ0n) is 15.9. The summed E-state index contributed by atoms with van der Waals surface area (Å²) in [5.41, 5.74) is 2.79. The number of likely N-dealkylation sites (tertiary alicyclic amines) is 1. The molecule has 144 valence electrons. The molecule has 1 fully saturated rings. The van der Waals surface area contributed by atoms with Gasteiger partial charge in [0, 0.05) is 24.8 Å². The number of amides is 2. The lowest BCUT2D eigenvalue weighted by atomic mass is 10.0. The Kier molecular flexibility index (Phi) is 8.06. The monoisotopic (exact) mass is 361 g/mol. The molecule has 0 unspecified atom stereocenters. The molecule has 1 aliphatic heterocycles. The number of aryl methyl sites for hydroxylation is 2. The number of benzene rings is 1. The predicted molar refractivity (Wildman–Crippen MR) is 103 cm³/mol. The van der Waals surface area contributed by atoms with Crippen molar-refractivity contribution in [1.29, 1.82) is 0 Å². The fraction of sp³-hybridized carbons (Fsp3) is 0.600. The van der Waals surface area contributed by atoms with E-state index in [1.807, 2.05) is 32.0 Å². The van der Waals surface area contributed by atoms with Crippen molar-refractivity contribution in [3.8, 4) is 0 Å². The van der Waals surface area contributed by atoms with Crippen LogP contribution in [0.3, 0.4) is 0 Å². The van der Waals surface area contributed by atoms with Gasteiger partial charge in [0.15, 0.2) is 0 Å². The van der Waals surface area contributed by atoms with E-state index in [1.165, 1.54) is 12.8 Å². The first-order chi connectivity index (χ1) is 12.5. The summed E-state index contributed by atoms with van der Waals surface area (Å²) in [6.07, 6.45) is 4.04. The van der Waals surface area contributed by atoms with Crippen LogP contribution in [0.4, 0.5) is 5.69 Å². The van der Waals surface area contributed by atoms with Crippen molar-refractivity contribution in [3.63, 3.8) is 0 Å². The second-order valence-electron chi connectivity index (χ2n) is 7.11. The molecule has 6 heteroatoms. The molecule has 0 aliphatic carbocycles. The number of piperidine rings is 1. The maximum atomic E-state index is 12.0. The van der Waals surface area contributed by atoms with Crippen LogP contribution in [0.25, 0.3) is 0 Å². The Morgan fingerprint density at radius 1 is 1.23 bits per heavy atom. The molecule has 1 aromatic carbocycles. The molecule has 0 aromatic heterocycles. The summed E-state index contributed by atoms with van der Waals surface area (Å²) in [7, 11) is 0. The van der Waals surface area contributed by atoms with Crippen LogP contribution in [0.2, 0.25) is 0 Å². The molecule has 0 saturated carbocycles. The minimum atomic E-state index is -0.299. The smallest absolute Gasteiger partial charge is 0.233 e. The molecule has 0 bridgehead atoms. The largest absolute Gasteiger partial charge is 0.395 e. The zero-order chi connectivity index (χ0) is 18.9. The molecule has 6 nitrogen and oxygen atoms in total. The molecule has 2 rings (SSSR count). The molecule has 1 aliphatic rings. The van der Waals surface area contributed by atoms with Crippen molar-refractivity contribution in [2.24, 2.45) is 0 Å². The molecular weight excluding hydrogens is 330 g/mol. The van der Waals surface area contributed by atoms with Gasteiger partial charge in [-0.2, -0.15) is 0 Å². The van der Waals surface area contributed by atoms with Gasteiger partial charge in [0.25, 0.3) is 0 Å². The standard InChI is InChI=1S/C20H31N3O3/c1-15-7-8-16(2)18(12-15)22-20(26)13-19(25)21-9-5-11-23-10-4-3-6-17(23)14-24/h7-8,12,17,24H,3-6,9-11,13-14H2,1-2H3,(H,21,25)(H,22,26)/t17-/m1/s1. The van der Waals surface area contributed by atoms with Crippen LogP contribution in [-0.4, -0.2) is 54.1 Å². The Morgan fingerprint density at radius 3 is 2.81 bits per heavy atom. The topological polar surface area (TPSA) is 81.7 Å². The van der Waals surface area contributed by atoms with E-state index in [9.17, 15) is 14.7 Å². The maximum absolute atomic E-state index is 12.0. The first-order valence-corrected chi connectivity index (χ1v) is 9.48. The normalized spacial score (nSPS) is 17.7. The van der Waals surface area contributed by atoms with Gasteiger partial charge in [-0.3, -0.25) is 14.5 Å². The van der Waals surface area contributed by atoms with E-state index >= 15 is 0 Å². The summed E-state index contributed by atoms with van der Waals surface area (Å²) in [5.74, 6) is -0.558. The lowest BCUT2D eigenvalue weighted by Crippen LogP contribution is -2.43. The first kappa shape index (κ1) is 20.4. The van der Waals surface area contributed by atoms with Gasteiger partial charge in [0.1, 0.15) is 6.42 Å². The molecule has 0 radical (unpaired) electrons. The third kappa shape index (κ3) is 6.42. The van der Waals surface area contributed by atoms with Crippen LogP contribution in [0.5, 0.6) is 0 Å². The minimum absolute atomic E-state index is 0.170. The highest BCUT2D eigenvalue weighted by atomic mass is 16.3. The highest BCUT2D eigenvalue weighted by molar-refractivity contribution is 6.03. The van der Waals surface area contributed by atoms with Gasteiger partial charge in [-0.05, 0) is 56.8 Å². The molecule has 0 spiro atoms. The van der Waals surface area contributed by atoms with Crippen LogP contribution < -0.4 is 10.6 Å². The van der Waals surface area contributed by atoms with Gasteiger partial charge < -0.3 is 15.7 Å². The Labute approximate surface area is 156 Å². The highest BCUT2D eigenvalue weighted by Crippen LogP contribution is 2.17. The van der Waals surface area contributed by atoms with E-state index in [1.54, 1.807) is 0 Å². The van der Waals surface area contributed by atoms with E-state index in [2.05, 4.69) is 15.5 Å². The number of hydrogen-bond donors (Lipinski definition) is 3. The van der Waals surface area contributed by atoms with E-state index in [0.29, 0.717) is 6.54 Å². The van der Waals surface area contributed by atoms with Crippen LogP contribution in [0.1, 0.15) is 43.2 Å². The van der Waals surface area contributed by atoms with E-state index in [-0.39, 0.29) is 30.9 Å². The number of nitrogens with one attached hydrogen (secondary N) is 2. The summed E-state index contributed by atoms with van der Waals surface area (Å²) >= 11 is 0. The van der Waals surface area contributed by atoms with E-state index in [4.69, 9.17) is 0 Å². The number of anilines is 1. The molecule has 1 atom stereocenters. The predicted octanol–water partition coefficient (Wildman–Crippen LogP) is 1.99. The third-order valence-corrected chi connectivity index (χ3v) is 4.89. The third-order valence-electron chi connectivity index (χ3n) is 4.89. The molecule has 26 heavy (non-hydrogen) atoms. The van der Waals surface area contributed by atoms with Gasteiger partial charge in [-0.1, -0.05) is 18.6 Å². The number of aliphatic hydroxyl groups excluding tert-OH is 1. The molecular formula is C20H31N3O3. The number of rotatable bonds is 8. The molecule has 1 saturated heterocycles. The Hall–Kier alpha value is -1.92. The number of hydrogen-bond acceptors (Lipinski definition) is 4. The van der Waals surface area contributed by atoms with E-state index < -0.39 is 0 Å². The Morgan fingerprint density at radius 2 is 2.04 bits per heavy atom. The second kappa shape index (κ2) is 10.3. The van der Waals surface area contributed by atoms with Crippen molar-refractivity contribution in [2.45, 2.75) is 52.0 Å². The van der Waals surface area contributed by atoms with Crippen LogP contribution in [-0.2, 0) is 9.59 Å². The van der Waals surface area contributed by atoms with E-state index in [0.717, 1.165) is 42.7 Å². The lowest BCUT2D eigenvalue weighted by Gasteiger charge is -2.34. The lowest BCUT2D eigenvalue weighted by molar-refractivity contribution is -0.126. The number of nitrogens with zero attached hydrogens (tertiary/aromatic N) is 1. The maximum Gasteiger partial charge on any atom is 0.233 e. The van der Waals surface area contributed by atoms with Gasteiger partial charge >= 0.3 is 0 Å². The van der Waals surface area contributed by atoms with Crippen LogP contribution in [0.15, 0.2) is 18.2 Å².